The molecule has 0 bridgehead atoms. The highest BCUT2D eigenvalue weighted by Gasteiger charge is 2.14. The molecule has 3 rings (SSSR count). The number of hydrogen-bond acceptors (Lipinski definition) is 4. The van der Waals surface area contributed by atoms with Gasteiger partial charge in [0.2, 0.25) is 5.91 Å². The van der Waals surface area contributed by atoms with Crippen LogP contribution in [-0.2, 0) is 17.8 Å². The van der Waals surface area contributed by atoms with Crippen LogP contribution in [0.5, 0.6) is 0 Å². The first-order valence-corrected chi connectivity index (χ1v) is 11.4. The largest absolute Gasteiger partial charge is 0.325 e. The molecule has 0 spiro atoms. The van der Waals surface area contributed by atoms with Gasteiger partial charge >= 0.3 is 0 Å². The summed E-state index contributed by atoms with van der Waals surface area (Å²) in [5.41, 5.74) is 3.59. The molecule has 0 aliphatic carbocycles. The molecule has 0 radical (unpaired) electrons. The van der Waals surface area contributed by atoms with Gasteiger partial charge in [0.1, 0.15) is 0 Å². The van der Waals surface area contributed by atoms with E-state index in [0.717, 1.165) is 34.1 Å². The van der Waals surface area contributed by atoms with E-state index < -0.39 is 0 Å². The molecule has 0 saturated carbocycles. The van der Waals surface area contributed by atoms with Crippen molar-refractivity contribution in [2.45, 2.75) is 45.3 Å². The Kier molecular flexibility index (Phi) is 7.14. The first kappa shape index (κ1) is 21.6. The van der Waals surface area contributed by atoms with Crippen molar-refractivity contribution in [1.29, 1.82) is 0 Å². The summed E-state index contributed by atoms with van der Waals surface area (Å²) in [6.45, 7) is 6.64. The average molecular weight is 474 g/mol. The second-order valence-electron chi connectivity index (χ2n) is 6.81. The van der Waals surface area contributed by atoms with Crippen molar-refractivity contribution in [3.05, 3.63) is 62.4 Å². The lowest BCUT2D eigenvalue weighted by Gasteiger charge is -2.14. The minimum atomic E-state index is -0.104. The van der Waals surface area contributed by atoms with Crippen LogP contribution < -0.4 is 10.9 Å². The van der Waals surface area contributed by atoms with Crippen molar-refractivity contribution in [1.82, 2.24) is 9.55 Å². The number of carbonyl (C=O) groups excluding carboxylic acids is 1. The van der Waals surface area contributed by atoms with Gasteiger partial charge in [-0.3, -0.25) is 14.2 Å². The number of thioether (sulfide) groups is 1. The van der Waals surface area contributed by atoms with E-state index >= 15 is 0 Å². The van der Waals surface area contributed by atoms with Crippen molar-refractivity contribution in [3.63, 3.8) is 0 Å². The summed E-state index contributed by atoms with van der Waals surface area (Å²) in [6.07, 6.45) is 1.66. The molecule has 152 valence electrons. The molecule has 0 fully saturated rings. The Morgan fingerprint density at radius 2 is 2.03 bits per heavy atom. The summed E-state index contributed by atoms with van der Waals surface area (Å²) in [6, 6.07) is 11.5. The summed E-state index contributed by atoms with van der Waals surface area (Å²) in [5, 5.41) is 4.18. The van der Waals surface area contributed by atoms with Crippen LogP contribution in [0.4, 0.5) is 5.69 Å². The SMILES string of the molecule is CCCn1c(SCC(=O)Nc2c(C)cccc2CC)nc2ccc(Br)cc2c1=O. The van der Waals surface area contributed by atoms with E-state index in [0.29, 0.717) is 22.6 Å². The summed E-state index contributed by atoms with van der Waals surface area (Å²) < 4.78 is 2.51. The van der Waals surface area contributed by atoms with Crippen LogP contribution in [0.3, 0.4) is 0 Å². The summed E-state index contributed by atoms with van der Waals surface area (Å²) in [4.78, 5) is 30.2. The molecule has 7 heteroatoms. The number of nitrogens with zero attached hydrogens (tertiary/aromatic N) is 2. The number of benzene rings is 2. The Morgan fingerprint density at radius 3 is 2.76 bits per heavy atom. The molecule has 3 aromatic rings. The molecule has 0 unspecified atom stereocenters. The van der Waals surface area contributed by atoms with Gasteiger partial charge in [-0.05, 0) is 49.1 Å². The fraction of sp³-hybridized carbons (Fsp3) is 0.318. The number of carbonyl (C=O) groups is 1. The number of fused-ring (bicyclic) bond motifs is 1. The quantitative estimate of drug-likeness (QED) is 0.379. The number of halogens is 1. The second-order valence-corrected chi connectivity index (χ2v) is 8.67. The van der Waals surface area contributed by atoms with Gasteiger partial charge in [-0.2, -0.15) is 0 Å². The van der Waals surface area contributed by atoms with Crippen LogP contribution in [0.25, 0.3) is 10.9 Å². The van der Waals surface area contributed by atoms with Gasteiger partial charge in [0.25, 0.3) is 5.56 Å². The number of aromatic nitrogens is 2. The molecule has 5 nitrogen and oxygen atoms in total. The molecular weight excluding hydrogens is 450 g/mol. The second kappa shape index (κ2) is 9.59. The van der Waals surface area contributed by atoms with Crippen LogP contribution in [-0.4, -0.2) is 21.2 Å². The summed E-state index contributed by atoms with van der Waals surface area (Å²) >= 11 is 4.71. The molecule has 1 aromatic heterocycles. The van der Waals surface area contributed by atoms with E-state index in [2.05, 4.69) is 33.2 Å². The van der Waals surface area contributed by atoms with E-state index in [1.807, 2.05) is 44.2 Å². The van der Waals surface area contributed by atoms with Crippen molar-refractivity contribution < 1.29 is 4.79 Å². The molecular formula is C22H24BrN3O2S. The molecule has 0 aliphatic heterocycles. The van der Waals surface area contributed by atoms with E-state index in [1.165, 1.54) is 11.8 Å². The predicted molar refractivity (Wildman–Crippen MR) is 124 cm³/mol. The summed E-state index contributed by atoms with van der Waals surface area (Å²) in [5.74, 6) is 0.0857. The van der Waals surface area contributed by atoms with Crippen molar-refractivity contribution in [2.24, 2.45) is 0 Å². The number of amides is 1. The third-order valence-electron chi connectivity index (χ3n) is 4.67. The molecule has 2 aromatic carbocycles. The zero-order chi connectivity index (χ0) is 21.0. The highest BCUT2D eigenvalue weighted by molar-refractivity contribution is 9.10. The molecule has 0 atom stereocenters. The zero-order valence-electron chi connectivity index (χ0n) is 16.8. The van der Waals surface area contributed by atoms with Gasteiger partial charge < -0.3 is 5.32 Å². The van der Waals surface area contributed by atoms with Gasteiger partial charge in [0.15, 0.2) is 5.16 Å². The number of rotatable bonds is 7. The molecule has 0 saturated heterocycles. The Morgan fingerprint density at radius 1 is 1.24 bits per heavy atom. The van der Waals surface area contributed by atoms with Gasteiger partial charge in [-0.25, -0.2) is 4.98 Å². The fourth-order valence-electron chi connectivity index (χ4n) is 3.21. The van der Waals surface area contributed by atoms with Crippen LogP contribution in [0, 0.1) is 6.92 Å². The number of para-hydroxylation sites is 1. The highest BCUT2D eigenvalue weighted by atomic mass is 79.9. The first-order valence-electron chi connectivity index (χ1n) is 9.65. The third-order valence-corrected chi connectivity index (χ3v) is 6.13. The molecule has 0 aliphatic rings. The third kappa shape index (κ3) is 4.90. The van der Waals surface area contributed by atoms with Gasteiger partial charge in [0.05, 0.1) is 16.7 Å². The molecule has 29 heavy (non-hydrogen) atoms. The normalized spacial score (nSPS) is 11.0. The monoisotopic (exact) mass is 473 g/mol. The van der Waals surface area contributed by atoms with E-state index in [4.69, 9.17) is 0 Å². The maximum atomic E-state index is 12.9. The van der Waals surface area contributed by atoms with Crippen LogP contribution >= 0.6 is 27.7 Å². The average Bonchev–Trinajstić information content (AvgIpc) is 2.71. The van der Waals surface area contributed by atoms with E-state index in [1.54, 1.807) is 10.6 Å². The van der Waals surface area contributed by atoms with Gasteiger partial charge in [0, 0.05) is 16.7 Å². The number of aryl methyl sites for hydroxylation is 2. The minimum Gasteiger partial charge on any atom is -0.325 e. The van der Waals surface area contributed by atoms with Gasteiger partial charge in [-0.15, -0.1) is 0 Å². The van der Waals surface area contributed by atoms with Crippen LogP contribution in [0.1, 0.15) is 31.4 Å². The number of anilines is 1. The van der Waals surface area contributed by atoms with Crippen LogP contribution in [0.2, 0.25) is 0 Å². The van der Waals surface area contributed by atoms with E-state index in [9.17, 15) is 9.59 Å². The van der Waals surface area contributed by atoms with E-state index in [-0.39, 0.29) is 17.2 Å². The standard InChI is InChI=1S/C22H24BrN3O2S/c1-4-11-26-21(28)17-12-16(23)9-10-18(17)24-22(26)29-13-19(27)25-20-14(3)7-6-8-15(20)5-2/h6-10,12H,4-5,11,13H2,1-3H3,(H,25,27). The van der Waals surface area contributed by atoms with Crippen molar-refractivity contribution >= 4 is 50.2 Å². The first-order chi connectivity index (χ1) is 13.9. The fourth-order valence-corrected chi connectivity index (χ4v) is 4.40. The number of hydrogen-bond donors (Lipinski definition) is 1. The Balaban J connectivity index is 1.85. The topological polar surface area (TPSA) is 64.0 Å². The van der Waals surface area contributed by atoms with Gasteiger partial charge in [-0.1, -0.05) is 59.7 Å². The maximum absolute atomic E-state index is 12.9. The molecule has 1 heterocycles. The van der Waals surface area contributed by atoms with Crippen LogP contribution in [0.15, 0.2) is 50.8 Å². The smallest absolute Gasteiger partial charge is 0.262 e. The molecule has 1 N–H and O–H groups in total. The summed E-state index contributed by atoms with van der Waals surface area (Å²) in [7, 11) is 0. The lowest BCUT2D eigenvalue weighted by atomic mass is 10.1. The zero-order valence-corrected chi connectivity index (χ0v) is 19.2. The Bertz CT molecular complexity index is 1110. The van der Waals surface area contributed by atoms with Crippen molar-refractivity contribution in [2.75, 3.05) is 11.1 Å². The Labute approximate surface area is 183 Å². The Hall–Kier alpha value is -2.12. The minimum absolute atomic E-state index is 0.0757. The van der Waals surface area contributed by atoms with Crippen molar-refractivity contribution in [3.8, 4) is 0 Å². The lowest BCUT2D eigenvalue weighted by molar-refractivity contribution is -0.113. The predicted octanol–water partition coefficient (Wildman–Crippen LogP) is 5.17. The maximum Gasteiger partial charge on any atom is 0.262 e. The number of nitrogens with one attached hydrogen (secondary N) is 1. The lowest BCUT2D eigenvalue weighted by Crippen LogP contribution is -2.24. The highest BCUT2D eigenvalue weighted by Crippen LogP contribution is 2.23. The molecule has 1 amide bonds.